The monoisotopic (exact) mass is 1860 g/mol. The van der Waals surface area contributed by atoms with Gasteiger partial charge in [-0.15, -0.1) is 0 Å². The molecule has 0 atom stereocenters. The lowest BCUT2D eigenvalue weighted by Crippen LogP contribution is -2.58. The van der Waals surface area contributed by atoms with Gasteiger partial charge in [0.05, 0.1) is 11.0 Å². The topological polar surface area (TPSA) is 28.3 Å². The Kier molecular flexibility index (Phi) is 20.2. The van der Waals surface area contributed by atoms with Gasteiger partial charge in [0, 0.05) is 55.1 Å². The van der Waals surface area contributed by atoms with E-state index in [0.717, 1.165) is 167 Å². The lowest BCUT2D eigenvalue weighted by atomic mass is 9.34. The van der Waals surface area contributed by atoms with Crippen molar-refractivity contribution in [3.8, 4) is 190 Å². The van der Waals surface area contributed by atoms with E-state index >= 15 is 0 Å². The molecule has 0 saturated carbocycles. The highest BCUT2D eigenvalue weighted by Crippen LogP contribution is 2.53. The molecule has 24 aromatic rings. The molecular weight excluding hydrogens is 1760 g/mol. The Morgan fingerprint density at radius 1 is 0.205 bits per heavy atom. The Balaban J connectivity index is 0.644. The standard InChI is InChI=1S/C140H98B2N2O2/c1-139(2,3)103-83-129-133-131(85-103)145-137-121(114-64-38-36-59-108(114)94-50-24-11-25-51-94)77-102(112-63-35-32-58-107(112)93-48-22-10-23-49-93)82-126(137)142(133)124-80-100(110-61-33-30-56-105(110)91-44-18-8-19-45-91)76-120-118-74-98(68-71-128(118)143(129)136(120)124)113-69-66-88(72-116(113)96-54-28-13-29-55-96)87-140(4,5)104-84-130-134-132(86-104)146-138-122(115-65-39-37-60-109(115)95-52-26-12-27-53-95)78-101(111-62-34-31-57-106(111)92-46-20-9-21-47-92)81-125(138)141(134)123-79-99(90-42-16-7-17-43-90)75-119-117-73-97(89-40-14-6-15-41-89)67-70-127(117)144(130)135(119)123/h6-86H,87H2,1-5H3. The Bertz CT molecular complexity index is 9430. The maximum Gasteiger partial charge on any atom is 0.256 e. The van der Waals surface area contributed by atoms with Gasteiger partial charge in [0.25, 0.3) is 13.4 Å². The highest BCUT2D eigenvalue weighted by atomic mass is 16.5. The lowest BCUT2D eigenvalue weighted by Gasteiger charge is -2.37. The lowest BCUT2D eigenvalue weighted by molar-refractivity contribution is 0.479. The zero-order valence-electron chi connectivity index (χ0n) is 81.8. The summed E-state index contributed by atoms with van der Waals surface area (Å²) in [5.74, 6) is 3.47. The van der Waals surface area contributed by atoms with Crippen LogP contribution in [0.15, 0.2) is 491 Å². The summed E-state index contributed by atoms with van der Waals surface area (Å²) < 4.78 is 21.4. The van der Waals surface area contributed by atoms with E-state index in [-0.39, 0.29) is 18.8 Å². The average Bonchev–Trinajstić information content (AvgIpc) is 1.37. The van der Waals surface area contributed by atoms with Gasteiger partial charge in [-0.2, -0.15) is 0 Å². The zero-order chi connectivity index (χ0) is 97.2. The van der Waals surface area contributed by atoms with Crippen molar-refractivity contribution < 1.29 is 9.47 Å². The van der Waals surface area contributed by atoms with Crippen LogP contribution in [0.1, 0.15) is 51.3 Å². The fourth-order valence-corrected chi connectivity index (χ4v) is 24.7. The van der Waals surface area contributed by atoms with Crippen LogP contribution in [-0.4, -0.2) is 22.6 Å². The quantitative estimate of drug-likeness (QED) is 0.0850. The molecule has 28 rings (SSSR count). The predicted molar refractivity (Wildman–Crippen MR) is 615 cm³/mol. The number of fused-ring (bicyclic) bond motifs is 14. The second-order valence-corrected chi connectivity index (χ2v) is 41.7. The summed E-state index contributed by atoms with van der Waals surface area (Å²) in [4.78, 5) is 0. The van der Waals surface area contributed by atoms with E-state index in [9.17, 15) is 0 Å². The Morgan fingerprint density at radius 2 is 0.500 bits per heavy atom. The number of benzene rings is 22. The number of hydrogen-bond acceptors (Lipinski definition) is 2. The van der Waals surface area contributed by atoms with Crippen molar-refractivity contribution in [3.05, 3.63) is 508 Å². The van der Waals surface area contributed by atoms with E-state index in [1.807, 2.05) is 0 Å². The number of hydrogen-bond donors (Lipinski definition) is 0. The molecule has 0 unspecified atom stereocenters. The summed E-state index contributed by atoms with van der Waals surface area (Å²) in [6.07, 6.45) is 0.709. The summed E-state index contributed by atoms with van der Waals surface area (Å²) in [6, 6.07) is 184. The fraction of sp³-hybridized carbons (Fsp3) is 0.0571. The van der Waals surface area contributed by atoms with Crippen molar-refractivity contribution in [1.29, 1.82) is 0 Å². The van der Waals surface area contributed by atoms with Gasteiger partial charge in [-0.05, 0) is 284 Å². The van der Waals surface area contributed by atoms with Crippen LogP contribution in [0.25, 0.3) is 211 Å². The first-order valence-electron chi connectivity index (χ1n) is 51.2. The summed E-state index contributed by atoms with van der Waals surface area (Å²) in [6.45, 7) is 11.4. The molecular formula is C140H98B2N2O2. The molecule has 0 amide bonds. The van der Waals surface area contributed by atoms with E-state index in [4.69, 9.17) is 9.47 Å². The molecule has 0 saturated heterocycles. The van der Waals surface area contributed by atoms with Crippen LogP contribution >= 0.6 is 0 Å². The van der Waals surface area contributed by atoms with Crippen molar-refractivity contribution in [1.82, 2.24) is 9.13 Å². The van der Waals surface area contributed by atoms with Crippen LogP contribution in [0.3, 0.4) is 0 Å². The number of aromatic nitrogens is 2. The normalized spacial score (nSPS) is 12.5. The maximum atomic E-state index is 8.17. The third kappa shape index (κ3) is 14.2. The second-order valence-electron chi connectivity index (χ2n) is 41.7. The molecule has 0 spiro atoms. The SMILES string of the molecule is CC(C)(C)c1cc2c3c(c1)-n1c4ccc(-c5ccc(CC(C)(C)c6cc7c8c(c6)-n6c9ccc(-c%10ccccc%10)cc9c9cc(-c%10ccccc%10)cc(c96)B8c6cc(-c8ccccc8-c8ccccc8)cc(-c8ccccc8-c8ccccc8)c6O7)cc5-c5ccccc5)cc4c4cc(-c5ccccc5-c5ccccc5)cc(c41)B3c1cc(-c3ccccc3-c3ccccc3)cc(-c3ccccc3-c3ccccc3)c1O2. The molecule has 4 aliphatic rings. The predicted octanol–water partition coefficient (Wildman–Crippen LogP) is 32.9. The molecule has 686 valence electrons. The van der Waals surface area contributed by atoms with Crippen LogP contribution in [0.2, 0.25) is 0 Å². The minimum Gasteiger partial charge on any atom is -0.458 e. The van der Waals surface area contributed by atoms with Crippen molar-refractivity contribution in [2.24, 2.45) is 0 Å². The minimum absolute atomic E-state index is 0.263. The highest BCUT2D eigenvalue weighted by Gasteiger charge is 2.47. The average molecular weight is 1860 g/mol. The Morgan fingerprint density at radius 3 is 0.904 bits per heavy atom. The Labute approximate surface area is 852 Å². The second kappa shape index (κ2) is 34.2. The van der Waals surface area contributed by atoms with Crippen molar-refractivity contribution in [2.75, 3.05) is 0 Å². The van der Waals surface area contributed by atoms with Crippen LogP contribution < -0.4 is 42.3 Å². The van der Waals surface area contributed by atoms with E-state index in [1.165, 1.54) is 116 Å². The first kappa shape index (κ1) is 86.1. The zero-order valence-corrected chi connectivity index (χ0v) is 81.8. The molecule has 2 aromatic heterocycles. The first-order valence-corrected chi connectivity index (χ1v) is 51.2. The van der Waals surface area contributed by atoms with E-state index in [1.54, 1.807) is 0 Å². The van der Waals surface area contributed by atoms with Gasteiger partial charge in [-0.1, -0.05) is 453 Å². The third-order valence-corrected chi connectivity index (χ3v) is 31.5. The minimum atomic E-state index is -0.494. The molecule has 6 heteroatoms. The fourth-order valence-electron chi connectivity index (χ4n) is 24.7. The molecule has 0 aliphatic carbocycles. The third-order valence-electron chi connectivity index (χ3n) is 31.5. The van der Waals surface area contributed by atoms with E-state index in [0.29, 0.717) is 6.42 Å². The van der Waals surface area contributed by atoms with Gasteiger partial charge < -0.3 is 18.6 Å². The van der Waals surface area contributed by atoms with Crippen molar-refractivity contribution in [3.63, 3.8) is 0 Å². The van der Waals surface area contributed by atoms with Gasteiger partial charge in [-0.3, -0.25) is 0 Å². The number of nitrogens with zero attached hydrogens (tertiary/aromatic N) is 2. The van der Waals surface area contributed by atoms with Gasteiger partial charge >= 0.3 is 0 Å². The van der Waals surface area contributed by atoms with Crippen LogP contribution in [0.5, 0.6) is 23.0 Å². The van der Waals surface area contributed by atoms with Crippen molar-refractivity contribution in [2.45, 2.75) is 51.9 Å². The van der Waals surface area contributed by atoms with Gasteiger partial charge in [0.1, 0.15) is 23.0 Å². The number of ether oxygens (including phenoxy) is 2. The van der Waals surface area contributed by atoms with Crippen LogP contribution in [0, 0.1) is 0 Å². The molecule has 146 heavy (non-hydrogen) atoms. The molecule has 6 heterocycles. The molecule has 0 fully saturated rings. The van der Waals surface area contributed by atoms with Crippen molar-refractivity contribution >= 4 is 89.8 Å². The molecule has 0 N–H and O–H groups in total. The summed E-state index contributed by atoms with van der Waals surface area (Å²) in [5, 5.41) is 4.78. The molecule has 0 radical (unpaired) electrons. The molecule has 4 nitrogen and oxygen atoms in total. The van der Waals surface area contributed by atoms with E-state index < -0.39 is 5.41 Å². The largest absolute Gasteiger partial charge is 0.458 e. The summed E-state index contributed by atoms with van der Waals surface area (Å²) >= 11 is 0. The molecule has 22 aromatic carbocycles. The van der Waals surface area contributed by atoms with Gasteiger partial charge in [0.2, 0.25) is 0 Å². The van der Waals surface area contributed by atoms with Crippen LogP contribution in [-0.2, 0) is 17.3 Å². The maximum absolute atomic E-state index is 8.17. The first-order chi connectivity index (χ1) is 71.8. The highest BCUT2D eigenvalue weighted by molar-refractivity contribution is 7.00. The van der Waals surface area contributed by atoms with Crippen LogP contribution in [0.4, 0.5) is 0 Å². The van der Waals surface area contributed by atoms with E-state index in [2.05, 4.69) is 535 Å². The smallest absolute Gasteiger partial charge is 0.256 e. The molecule has 0 bridgehead atoms. The summed E-state index contributed by atoms with van der Waals surface area (Å²) in [5.41, 5.74) is 48.9. The Hall–Kier alpha value is -17.8. The van der Waals surface area contributed by atoms with Gasteiger partial charge in [0.15, 0.2) is 0 Å². The van der Waals surface area contributed by atoms with Gasteiger partial charge in [-0.25, -0.2) is 0 Å². The summed E-state index contributed by atoms with van der Waals surface area (Å²) in [7, 11) is 0. The molecule has 4 aliphatic heterocycles. The number of rotatable bonds is 17.